The third kappa shape index (κ3) is 1.95. The van der Waals surface area contributed by atoms with Gasteiger partial charge in [-0.1, -0.05) is 12.2 Å². The summed E-state index contributed by atoms with van der Waals surface area (Å²) in [5.41, 5.74) is 0.835. The summed E-state index contributed by atoms with van der Waals surface area (Å²) in [7, 11) is 0. The van der Waals surface area contributed by atoms with E-state index in [0.717, 1.165) is 5.57 Å². The van der Waals surface area contributed by atoms with Crippen molar-refractivity contribution in [2.24, 2.45) is 11.8 Å². The maximum atomic E-state index is 11.4. The molecule has 0 aliphatic carbocycles. The molecule has 1 aliphatic rings. The topological polar surface area (TPSA) is 55.4 Å². The van der Waals surface area contributed by atoms with Gasteiger partial charge in [-0.25, -0.2) is 0 Å². The summed E-state index contributed by atoms with van der Waals surface area (Å²) in [4.78, 5) is 22.8. The Morgan fingerprint density at radius 3 is 2.86 bits per heavy atom. The number of amides is 1. The lowest BCUT2D eigenvalue weighted by Crippen LogP contribution is -2.29. The van der Waals surface area contributed by atoms with Crippen LogP contribution >= 0.6 is 0 Å². The summed E-state index contributed by atoms with van der Waals surface area (Å²) in [5.74, 6) is -1.53. The Kier molecular flexibility index (Phi) is 3.28. The van der Waals surface area contributed by atoms with Crippen molar-refractivity contribution in [1.29, 1.82) is 0 Å². The van der Waals surface area contributed by atoms with E-state index in [0.29, 0.717) is 13.2 Å². The average Bonchev–Trinajstić information content (AvgIpc) is 2.47. The van der Waals surface area contributed by atoms with Crippen LogP contribution in [0.15, 0.2) is 12.2 Å². The molecule has 0 unspecified atom stereocenters. The molecule has 0 spiro atoms. The highest BCUT2D eigenvalue weighted by atomic mass is 16.5. The normalized spacial score (nSPS) is 25.7. The molecule has 1 aliphatic heterocycles. The van der Waals surface area contributed by atoms with E-state index in [4.69, 9.17) is 4.74 Å². The molecule has 0 bridgehead atoms. The SMILES string of the molecule is C=C(C)[C@@H]1CNC(=O)[C@@H]1C(=O)OCC. The lowest BCUT2D eigenvalue weighted by Gasteiger charge is -2.14. The molecular weight excluding hydrogens is 182 g/mol. The van der Waals surface area contributed by atoms with Gasteiger partial charge in [0.2, 0.25) is 5.91 Å². The smallest absolute Gasteiger partial charge is 0.319 e. The predicted octanol–water partition coefficient (Wildman–Crippen LogP) is 0.488. The molecule has 1 rings (SSSR count). The summed E-state index contributed by atoms with van der Waals surface area (Å²) < 4.78 is 4.84. The molecule has 1 saturated heterocycles. The Hall–Kier alpha value is -1.32. The van der Waals surface area contributed by atoms with Crippen LogP contribution in [0.25, 0.3) is 0 Å². The maximum Gasteiger partial charge on any atom is 0.319 e. The van der Waals surface area contributed by atoms with Crippen LogP contribution in [0.1, 0.15) is 13.8 Å². The van der Waals surface area contributed by atoms with Crippen molar-refractivity contribution in [2.75, 3.05) is 13.2 Å². The van der Waals surface area contributed by atoms with Crippen LogP contribution in [0.3, 0.4) is 0 Å². The van der Waals surface area contributed by atoms with E-state index in [1.807, 2.05) is 6.92 Å². The number of rotatable bonds is 3. The Labute approximate surface area is 83.3 Å². The second-order valence-corrected chi connectivity index (χ2v) is 3.43. The first kappa shape index (κ1) is 10.8. The van der Waals surface area contributed by atoms with Crippen molar-refractivity contribution in [3.63, 3.8) is 0 Å². The highest BCUT2D eigenvalue weighted by Gasteiger charge is 2.41. The van der Waals surface area contributed by atoms with Crippen molar-refractivity contribution in [3.05, 3.63) is 12.2 Å². The van der Waals surface area contributed by atoms with Gasteiger partial charge < -0.3 is 10.1 Å². The molecule has 4 heteroatoms. The van der Waals surface area contributed by atoms with E-state index in [9.17, 15) is 9.59 Å². The second-order valence-electron chi connectivity index (χ2n) is 3.43. The lowest BCUT2D eigenvalue weighted by atomic mass is 9.90. The van der Waals surface area contributed by atoms with Crippen LogP contribution < -0.4 is 5.32 Å². The zero-order valence-electron chi connectivity index (χ0n) is 8.50. The van der Waals surface area contributed by atoms with Crippen LogP contribution in [-0.4, -0.2) is 25.0 Å². The molecule has 2 atom stereocenters. The fourth-order valence-electron chi connectivity index (χ4n) is 1.58. The van der Waals surface area contributed by atoms with Gasteiger partial charge in [-0.15, -0.1) is 0 Å². The minimum Gasteiger partial charge on any atom is -0.465 e. The number of carbonyl (C=O) groups excluding carboxylic acids is 2. The molecule has 78 valence electrons. The quantitative estimate of drug-likeness (QED) is 0.407. The van der Waals surface area contributed by atoms with Crippen molar-refractivity contribution < 1.29 is 14.3 Å². The van der Waals surface area contributed by atoms with Gasteiger partial charge in [0.25, 0.3) is 0 Å². The zero-order chi connectivity index (χ0) is 10.7. The first-order chi connectivity index (χ1) is 6.57. The zero-order valence-corrected chi connectivity index (χ0v) is 8.50. The van der Waals surface area contributed by atoms with Crippen LogP contribution in [0.2, 0.25) is 0 Å². The Morgan fingerprint density at radius 1 is 1.71 bits per heavy atom. The number of esters is 1. The van der Waals surface area contributed by atoms with Gasteiger partial charge >= 0.3 is 5.97 Å². The van der Waals surface area contributed by atoms with E-state index in [-0.39, 0.29) is 11.8 Å². The monoisotopic (exact) mass is 197 g/mol. The average molecular weight is 197 g/mol. The van der Waals surface area contributed by atoms with E-state index in [1.165, 1.54) is 0 Å². The maximum absolute atomic E-state index is 11.4. The lowest BCUT2D eigenvalue weighted by molar-refractivity contribution is -0.151. The van der Waals surface area contributed by atoms with Crippen LogP contribution in [-0.2, 0) is 14.3 Å². The molecule has 14 heavy (non-hydrogen) atoms. The summed E-state index contributed by atoms with van der Waals surface area (Å²) in [6.45, 7) is 8.08. The fraction of sp³-hybridized carbons (Fsp3) is 0.600. The number of hydrogen-bond acceptors (Lipinski definition) is 3. The number of ether oxygens (including phenoxy) is 1. The summed E-state index contributed by atoms with van der Waals surface area (Å²) in [6.07, 6.45) is 0. The standard InChI is InChI=1S/C10H15NO3/c1-4-14-10(13)8-7(6(2)3)5-11-9(8)12/h7-8H,2,4-5H2,1,3H3,(H,11,12)/t7-,8+/m0/s1. The van der Waals surface area contributed by atoms with Gasteiger partial charge in [-0.05, 0) is 13.8 Å². The van der Waals surface area contributed by atoms with Crippen LogP contribution in [0.5, 0.6) is 0 Å². The van der Waals surface area contributed by atoms with Crippen molar-refractivity contribution in [2.45, 2.75) is 13.8 Å². The van der Waals surface area contributed by atoms with E-state index in [1.54, 1.807) is 6.92 Å². The fourth-order valence-corrected chi connectivity index (χ4v) is 1.58. The van der Waals surface area contributed by atoms with E-state index >= 15 is 0 Å². The molecule has 4 nitrogen and oxygen atoms in total. The molecule has 0 aromatic rings. The number of nitrogens with one attached hydrogen (secondary N) is 1. The number of carbonyl (C=O) groups is 2. The van der Waals surface area contributed by atoms with Gasteiger partial charge in [0.15, 0.2) is 0 Å². The largest absolute Gasteiger partial charge is 0.465 e. The number of hydrogen-bond donors (Lipinski definition) is 1. The van der Waals surface area contributed by atoms with Crippen molar-refractivity contribution in [1.82, 2.24) is 5.32 Å². The first-order valence-electron chi connectivity index (χ1n) is 4.67. The highest BCUT2D eigenvalue weighted by Crippen LogP contribution is 2.25. The van der Waals surface area contributed by atoms with E-state index < -0.39 is 11.9 Å². The Bertz CT molecular complexity index is 273. The molecule has 0 aromatic carbocycles. The van der Waals surface area contributed by atoms with Crippen LogP contribution in [0, 0.1) is 11.8 Å². The minimum atomic E-state index is -0.701. The van der Waals surface area contributed by atoms with Gasteiger partial charge in [-0.3, -0.25) is 9.59 Å². The summed E-state index contributed by atoms with van der Waals surface area (Å²) in [6, 6.07) is 0. The van der Waals surface area contributed by atoms with Crippen molar-refractivity contribution >= 4 is 11.9 Å². The third-order valence-corrected chi connectivity index (χ3v) is 2.35. The molecule has 0 saturated carbocycles. The third-order valence-electron chi connectivity index (χ3n) is 2.35. The summed E-state index contributed by atoms with van der Waals surface area (Å²) >= 11 is 0. The molecule has 1 heterocycles. The molecular formula is C10H15NO3. The van der Waals surface area contributed by atoms with E-state index in [2.05, 4.69) is 11.9 Å². The van der Waals surface area contributed by atoms with Crippen molar-refractivity contribution in [3.8, 4) is 0 Å². The van der Waals surface area contributed by atoms with Gasteiger partial charge in [0.05, 0.1) is 6.61 Å². The minimum absolute atomic E-state index is 0.124. The second kappa shape index (κ2) is 4.26. The van der Waals surface area contributed by atoms with Gasteiger partial charge in [0, 0.05) is 12.5 Å². The Balaban J connectivity index is 2.76. The predicted molar refractivity (Wildman–Crippen MR) is 51.4 cm³/mol. The molecule has 0 radical (unpaired) electrons. The van der Waals surface area contributed by atoms with Crippen LogP contribution in [0.4, 0.5) is 0 Å². The molecule has 1 N–H and O–H groups in total. The van der Waals surface area contributed by atoms with Gasteiger partial charge in [0.1, 0.15) is 5.92 Å². The molecule has 1 amide bonds. The van der Waals surface area contributed by atoms with Gasteiger partial charge in [-0.2, -0.15) is 0 Å². The first-order valence-corrected chi connectivity index (χ1v) is 4.67. The highest BCUT2D eigenvalue weighted by molar-refractivity contribution is 6.00. The molecule has 0 aromatic heterocycles. The summed E-state index contributed by atoms with van der Waals surface area (Å²) in [5, 5.41) is 2.64. The Morgan fingerprint density at radius 2 is 2.36 bits per heavy atom. The molecule has 1 fully saturated rings.